The zero-order valence-electron chi connectivity index (χ0n) is 12.1. The molecule has 0 bridgehead atoms. The van der Waals surface area contributed by atoms with E-state index < -0.39 is 0 Å². The molecular weight excluding hydrogens is 254 g/mol. The third kappa shape index (κ3) is 2.35. The second-order valence-corrected chi connectivity index (χ2v) is 5.51. The Hall–Kier alpha value is -1.69. The van der Waals surface area contributed by atoms with Crippen LogP contribution >= 0.6 is 0 Å². The van der Waals surface area contributed by atoms with E-state index in [1.807, 2.05) is 7.05 Å². The average Bonchev–Trinajstić information content (AvgIpc) is 2.47. The van der Waals surface area contributed by atoms with E-state index in [9.17, 15) is 4.79 Å². The van der Waals surface area contributed by atoms with E-state index in [0.717, 1.165) is 50.7 Å². The largest absolute Gasteiger partial charge is 0.372 e. The van der Waals surface area contributed by atoms with Crippen LogP contribution in [0.25, 0.3) is 0 Å². The van der Waals surface area contributed by atoms with E-state index in [1.165, 1.54) is 0 Å². The van der Waals surface area contributed by atoms with Gasteiger partial charge in [-0.3, -0.25) is 4.79 Å². The summed E-state index contributed by atoms with van der Waals surface area (Å²) >= 11 is 0. The summed E-state index contributed by atoms with van der Waals surface area (Å²) in [5.41, 5.74) is 1.62. The molecule has 2 heterocycles. The second-order valence-electron chi connectivity index (χ2n) is 5.51. The Balaban J connectivity index is 1.95. The molecule has 0 radical (unpaired) electrons. The molecule has 1 N–H and O–H groups in total. The van der Waals surface area contributed by atoms with Gasteiger partial charge in [0.1, 0.15) is 5.82 Å². The van der Waals surface area contributed by atoms with Crippen molar-refractivity contribution < 1.29 is 4.79 Å². The van der Waals surface area contributed by atoms with Crippen molar-refractivity contribution in [1.29, 1.82) is 0 Å². The number of piperazine rings is 1. The molecule has 108 valence electrons. The molecule has 1 aromatic heterocycles. The van der Waals surface area contributed by atoms with Crippen molar-refractivity contribution in [1.82, 2.24) is 14.9 Å². The first-order chi connectivity index (χ1) is 9.69. The van der Waals surface area contributed by atoms with Crippen LogP contribution in [0.3, 0.4) is 0 Å². The molecule has 0 atom stereocenters. The molecule has 6 heteroatoms. The molecule has 6 nitrogen and oxygen atoms in total. The van der Waals surface area contributed by atoms with Gasteiger partial charge in [-0.25, -0.2) is 4.98 Å². The number of Topliss-reactive ketones (excluding diaryl/α,β-unsaturated/α-hetero) is 1. The predicted molar refractivity (Wildman–Crippen MR) is 78.6 cm³/mol. The zero-order valence-corrected chi connectivity index (χ0v) is 12.1. The van der Waals surface area contributed by atoms with Crippen LogP contribution in [0.4, 0.5) is 11.8 Å². The van der Waals surface area contributed by atoms with E-state index in [0.29, 0.717) is 17.8 Å². The Morgan fingerprint density at radius 2 is 1.85 bits per heavy atom. The minimum Gasteiger partial charge on any atom is -0.372 e. The van der Waals surface area contributed by atoms with Crippen molar-refractivity contribution in [3.8, 4) is 0 Å². The molecule has 3 rings (SSSR count). The highest BCUT2D eigenvalue weighted by molar-refractivity contribution is 6.02. The molecule has 2 aliphatic rings. The summed E-state index contributed by atoms with van der Waals surface area (Å²) in [6, 6.07) is 0. The summed E-state index contributed by atoms with van der Waals surface area (Å²) in [7, 11) is 3.95. The van der Waals surface area contributed by atoms with Gasteiger partial charge in [0.2, 0.25) is 5.95 Å². The van der Waals surface area contributed by atoms with E-state index >= 15 is 0 Å². The number of likely N-dealkylation sites (N-methyl/N-ethyl adjacent to an activating group) is 1. The SMILES string of the molecule is CNc1nc(N2CCN(C)CC2)nc2c1C(=O)CCC2. The Morgan fingerprint density at radius 1 is 1.10 bits per heavy atom. The van der Waals surface area contributed by atoms with Crippen molar-refractivity contribution in [3.05, 3.63) is 11.3 Å². The molecule has 1 aromatic rings. The standard InChI is InChI=1S/C14H21N5O/c1-15-13-12-10(4-3-5-11(12)20)16-14(17-13)19-8-6-18(2)7-9-19/h3-9H2,1-2H3,(H,15,16,17). The fourth-order valence-corrected chi connectivity index (χ4v) is 2.84. The normalized spacial score (nSPS) is 19.9. The number of hydrogen-bond donors (Lipinski definition) is 1. The van der Waals surface area contributed by atoms with Crippen LogP contribution in [-0.4, -0.2) is 60.9 Å². The number of carbonyl (C=O) groups excluding carboxylic acids is 1. The maximum atomic E-state index is 12.1. The molecule has 0 aromatic carbocycles. The highest BCUT2D eigenvalue weighted by Gasteiger charge is 2.26. The maximum Gasteiger partial charge on any atom is 0.227 e. The van der Waals surface area contributed by atoms with Crippen LogP contribution in [0.2, 0.25) is 0 Å². The van der Waals surface area contributed by atoms with E-state index in [4.69, 9.17) is 0 Å². The highest BCUT2D eigenvalue weighted by Crippen LogP contribution is 2.27. The molecule has 1 aliphatic carbocycles. The van der Waals surface area contributed by atoms with Crippen molar-refractivity contribution in [2.45, 2.75) is 19.3 Å². The van der Waals surface area contributed by atoms with Crippen LogP contribution in [0.1, 0.15) is 28.9 Å². The van der Waals surface area contributed by atoms with Crippen LogP contribution in [0.5, 0.6) is 0 Å². The summed E-state index contributed by atoms with van der Waals surface area (Å²) in [4.78, 5) is 25.8. The van der Waals surface area contributed by atoms with Gasteiger partial charge in [0.15, 0.2) is 5.78 Å². The van der Waals surface area contributed by atoms with Gasteiger partial charge < -0.3 is 15.1 Å². The van der Waals surface area contributed by atoms with Gasteiger partial charge >= 0.3 is 0 Å². The quantitative estimate of drug-likeness (QED) is 0.861. The minimum absolute atomic E-state index is 0.167. The summed E-state index contributed by atoms with van der Waals surface area (Å²) in [6.07, 6.45) is 2.38. The molecular formula is C14H21N5O. The van der Waals surface area contributed by atoms with Gasteiger partial charge in [-0.2, -0.15) is 4.98 Å². The predicted octanol–water partition coefficient (Wildman–Crippen LogP) is 0.789. The lowest BCUT2D eigenvalue weighted by Gasteiger charge is -2.33. The first kappa shape index (κ1) is 13.3. The number of aromatic nitrogens is 2. The number of ketones is 1. The monoisotopic (exact) mass is 275 g/mol. The zero-order chi connectivity index (χ0) is 14.1. The third-order valence-corrected chi connectivity index (χ3v) is 4.09. The molecule has 0 amide bonds. The fraction of sp³-hybridized carbons (Fsp3) is 0.643. The summed E-state index contributed by atoms with van der Waals surface area (Å²) in [6.45, 7) is 3.92. The smallest absolute Gasteiger partial charge is 0.227 e. The molecule has 0 spiro atoms. The van der Waals surface area contributed by atoms with Gasteiger partial charge in [0.05, 0.1) is 11.3 Å². The number of rotatable bonds is 2. The highest BCUT2D eigenvalue weighted by atomic mass is 16.1. The van der Waals surface area contributed by atoms with Gasteiger partial charge in [0, 0.05) is 39.6 Å². The average molecular weight is 275 g/mol. The maximum absolute atomic E-state index is 12.1. The number of nitrogens with zero attached hydrogens (tertiary/aromatic N) is 4. The van der Waals surface area contributed by atoms with Crippen molar-refractivity contribution in [2.24, 2.45) is 0 Å². The molecule has 1 fully saturated rings. The van der Waals surface area contributed by atoms with E-state index in [-0.39, 0.29) is 5.78 Å². The first-order valence-electron chi connectivity index (χ1n) is 7.24. The van der Waals surface area contributed by atoms with Crippen LogP contribution in [-0.2, 0) is 6.42 Å². The number of aryl methyl sites for hydroxylation is 1. The molecule has 0 unspecified atom stereocenters. The minimum atomic E-state index is 0.167. The Kier molecular flexibility index (Phi) is 3.56. The Labute approximate surface area is 119 Å². The Bertz CT molecular complexity index is 505. The van der Waals surface area contributed by atoms with Gasteiger partial charge in [0.25, 0.3) is 0 Å². The van der Waals surface area contributed by atoms with Crippen LogP contribution in [0.15, 0.2) is 0 Å². The lowest BCUT2D eigenvalue weighted by atomic mass is 9.95. The second kappa shape index (κ2) is 5.36. The van der Waals surface area contributed by atoms with Crippen molar-refractivity contribution in [3.63, 3.8) is 0 Å². The number of carbonyl (C=O) groups is 1. The van der Waals surface area contributed by atoms with Gasteiger partial charge in [-0.05, 0) is 19.9 Å². The van der Waals surface area contributed by atoms with E-state index in [2.05, 4.69) is 32.1 Å². The number of hydrogen-bond acceptors (Lipinski definition) is 6. The molecule has 1 saturated heterocycles. The van der Waals surface area contributed by atoms with Gasteiger partial charge in [-0.15, -0.1) is 0 Å². The molecule has 1 aliphatic heterocycles. The summed E-state index contributed by atoms with van der Waals surface area (Å²) < 4.78 is 0. The van der Waals surface area contributed by atoms with Crippen LogP contribution < -0.4 is 10.2 Å². The van der Waals surface area contributed by atoms with Crippen LogP contribution in [0, 0.1) is 0 Å². The summed E-state index contributed by atoms with van der Waals surface area (Å²) in [5, 5.41) is 3.06. The van der Waals surface area contributed by atoms with Crippen molar-refractivity contribution in [2.75, 3.05) is 50.5 Å². The lowest BCUT2D eigenvalue weighted by Crippen LogP contribution is -2.45. The summed E-state index contributed by atoms with van der Waals surface area (Å²) in [5.74, 6) is 1.62. The lowest BCUT2D eigenvalue weighted by molar-refractivity contribution is 0.0972. The molecule has 20 heavy (non-hydrogen) atoms. The van der Waals surface area contributed by atoms with Gasteiger partial charge in [-0.1, -0.05) is 0 Å². The molecule has 0 saturated carbocycles. The number of fused-ring (bicyclic) bond motifs is 1. The third-order valence-electron chi connectivity index (χ3n) is 4.09. The van der Waals surface area contributed by atoms with E-state index in [1.54, 1.807) is 0 Å². The topological polar surface area (TPSA) is 61.4 Å². The Morgan fingerprint density at radius 3 is 2.55 bits per heavy atom. The fourth-order valence-electron chi connectivity index (χ4n) is 2.84. The first-order valence-corrected chi connectivity index (χ1v) is 7.24. The number of anilines is 2. The number of nitrogens with one attached hydrogen (secondary N) is 1. The van der Waals surface area contributed by atoms with Crippen molar-refractivity contribution >= 4 is 17.5 Å².